The van der Waals surface area contributed by atoms with Gasteiger partial charge in [-0.25, -0.2) is 0 Å². The van der Waals surface area contributed by atoms with Gasteiger partial charge in [0.15, 0.2) is 0 Å². The number of rotatable bonds is 5. The number of carbonyl (C=O) groups is 2. The molecule has 2 N–H and O–H groups in total. The highest BCUT2D eigenvalue weighted by Crippen LogP contribution is 2.37. The standard InChI is InChI=1S/C26H23N3O2/c30-23-14-7-15-29(23)17-18-8-6-11-20(16-18)27-25(19-9-2-1-3-10-19)24-21-12-4-5-13-22(21)28-26(24)31/h1-6,8-13,16,27H,7,14-15,17H2,(H,28,31). The number of nitrogens with one attached hydrogen (secondary N) is 2. The molecule has 2 amide bonds. The van der Waals surface area contributed by atoms with Crippen LogP contribution in [0.2, 0.25) is 0 Å². The zero-order chi connectivity index (χ0) is 21.2. The van der Waals surface area contributed by atoms with Crippen molar-refractivity contribution in [3.05, 3.63) is 95.6 Å². The number of fused-ring (bicyclic) bond motifs is 1. The van der Waals surface area contributed by atoms with Crippen LogP contribution in [0.25, 0.3) is 11.3 Å². The summed E-state index contributed by atoms with van der Waals surface area (Å²) in [5.74, 6) is 0.0936. The van der Waals surface area contributed by atoms with Gasteiger partial charge in [-0.3, -0.25) is 9.59 Å². The lowest BCUT2D eigenvalue weighted by Gasteiger charge is -2.18. The van der Waals surface area contributed by atoms with Crippen LogP contribution in [0.4, 0.5) is 11.4 Å². The fourth-order valence-corrected chi connectivity index (χ4v) is 4.23. The van der Waals surface area contributed by atoms with Crippen molar-refractivity contribution in [2.24, 2.45) is 0 Å². The Morgan fingerprint density at radius 1 is 0.935 bits per heavy atom. The van der Waals surface area contributed by atoms with Crippen molar-refractivity contribution in [2.75, 3.05) is 17.2 Å². The number of amides is 2. The van der Waals surface area contributed by atoms with Crippen LogP contribution in [0.5, 0.6) is 0 Å². The van der Waals surface area contributed by atoms with E-state index in [-0.39, 0.29) is 11.8 Å². The van der Waals surface area contributed by atoms with E-state index in [0.29, 0.717) is 18.5 Å². The van der Waals surface area contributed by atoms with Gasteiger partial charge in [0, 0.05) is 36.4 Å². The summed E-state index contributed by atoms with van der Waals surface area (Å²) in [5, 5.41) is 6.47. The Hall–Kier alpha value is -3.86. The van der Waals surface area contributed by atoms with E-state index in [1.54, 1.807) is 0 Å². The van der Waals surface area contributed by atoms with Crippen molar-refractivity contribution in [1.82, 2.24) is 4.90 Å². The van der Waals surface area contributed by atoms with E-state index < -0.39 is 0 Å². The molecule has 154 valence electrons. The van der Waals surface area contributed by atoms with Gasteiger partial charge in [-0.05, 0) is 35.7 Å². The summed E-state index contributed by atoms with van der Waals surface area (Å²) in [5.41, 5.74) is 5.97. The smallest absolute Gasteiger partial charge is 0.258 e. The molecular formula is C26H23N3O2. The highest BCUT2D eigenvalue weighted by atomic mass is 16.2. The highest BCUT2D eigenvalue weighted by Gasteiger charge is 2.28. The number of hydrogen-bond acceptors (Lipinski definition) is 3. The summed E-state index contributed by atoms with van der Waals surface area (Å²) in [6, 6.07) is 25.7. The van der Waals surface area contributed by atoms with Crippen molar-refractivity contribution >= 4 is 34.5 Å². The monoisotopic (exact) mass is 409 g/mol. The average molecular weight is 409 g/mol. The first-order valence-electron chi connectivity index (χ1n) is 10.5. The van der Waals surface area contributed by atoms with Crippen molar-refractivity contribution < 1.29 is 9.59 Å². The van der Waals surface area contributed by atoms with Crippen LogP contribution < -0.4 is 10.6 Å². The molecule has 0 saturated carbocycles. The summed E-state index contributed by atoms with van der Waals surface area (Å²) in [6.07, 6.45) is 1.56. The first-order chi connectivity index (χ1) is 15.2. The first-order valence-corrected chi connectivity index (χ1v) is 10.5. The third kappa shape index (κ3) is 3.82. The summed E-state index contributed by atoms with van der Waals surface area (Å²) < 4.78 is 0. The van der Waals surface area contributed by atoms with Crippen LogP contribution in [0.15, 0.2) is 78.9 Å². The topological polar surface area (TPSA) is 61.4 Å². The normalized spacial score (nSPS) is 16.8. The molecule has 31 heavy (non-hydrogen) atoms. The molecule has 0 aliphatic carbocycles. The molecule has 5 rings (SSSR count). The van der Waals surface area contributed by atoms with Crippen LogP contribution in [0.1, 0.15) is 29.5 Å². The molecule has 0 bridgehead atoms. The van der Waals surface area contributed by atoms with Crippen molar-refractivity contribution in [3.8, 4) is 0 Å². The van der Waals surface area contributed by atoms with E-state index in [0.717, 1.165) is 46.7 Å². The predicted octanol–water partition coefficient (Wildman–Crippen LogP) is 4.74. The van der Waals surface area contributed by atoms with Crippen molar-refractivity contribution in [2.45, 2.75) is 19.4 Å². The Bertz CT molecular complexity index is 1180. The lowest BCUT2D eigenvalue weighted by Crippen LogP contribution is -2.23. The zero-order valence-corrected chi connectivity index (χ0v) is 17.1. The summed E-state index contributed by atoms with van der Waals surface area (Å²) in [4.78, 5) is 26.8. The number of carbonyl (C=O) groups excluding carboxylic acids is 2. The van der Waals surface area contributed by atoms with Gasteiger partial charge >= 0.3 is 0 Å². The van der Waals surface area contributed by atoms with Gasteiger partial charge < -0.3 is 15.5 Å². The van der Waals surface area contributed by atoms with Crippen molar-refractivity contribution in [1.29, 1.82) is 0 Å². The molecule has 5 nitrogen and oxygen atoms in total. The number of likely N-dealkylation sites (tertiary alicyclic amines) is 1. The lowest BCUT2D eigenvalue weighted by molar-refractivity contribution is -0.128. The van der Waals surface area contributed by atoms with Gasteiger partial charge in [-0.15, -0.1) is 0 Å². The van der Waals surface area contributed by atoms with E-state index in [1.165, 1.54) is 0 Å². The molecule has 3 aromatic carbocycles. The number of para-hydroxylation sites is 1. The van der Waals surface area contributed by atoms with Gasteiger partial charge in [0.05, 0.1) is 11.3 Å². The minimum atomic E-state index is -0.119. The zero-order valence-electron chi connectivity index (χ0n) is 17.1. The second-order valence-corrected chi connectivity index (χ2v) is 7.86. The van der Waals surface area contributed by atoms with Gasteiger partial charge in [-0.2, -0.15) is 0 Å². The fraction of sp³-hybridized carbons (Fsp3) is 0.154. The molecule has 2 heterocycles. The lowest BCUT2D eigenvalue weighted by atomic mass is 10.00. The molecule has 5 heteroatoms. The minimum Gasteiger partial charge on any atom is -0.354 e. The average Bonchev–Trinajstić information content (AvgIpc) is 3.35. The van der Waals surface area contributed by atoms with Crippen LogP contribution >= 0.6 is 0 Å². The fourth-order valence-electron chi connectivity index (χ4n) is 4.23. The number of nitrogens with zero attached hydrogens (tertiary/aromatic N) is 1. The third-order valence-electron chi connectivity index (χ3n) is 5.73. The molecule has 0 atom stereocenters. The highest BCUT2D eigenvalue weighted by molar-refractivity contribution is 6.37. The largest absolute Gasteiger partial charge is 0.354 e. The van der Waals surface area contributed by atoms with Gasteiger partial charge in [-0.1, -0.05) is 60.7 Å². The molecule has 0 unspecified atom stereocenters. The van der Waals surface area contributed by atoms with Crippen LogP contribution in [0, 0.1) is 0 Å². The summed E-state index contributed by atoms with van der Waals surface area (Å²) in [7, 11) is 0. The van der Waals surface area contributed by atoms with Crippen LogP contribution in [0.3, 0.4) is 0 Å². The van der Waals surface area contributed by atoms with Gasteiger partial charge in [0.25, 0.3) is 5.91 Å². The molecule has 0 radical (unpaired) electrons. The summed E-state index contributed by atoms with van der Waals surface area (Å²) in [6.45, 7) is 1.42. The molecule has 2 aliphatic heterocycles. The Balaban J connectivity index is 1.53. The first kappa shape index (κ1) is 19.1. The molecule has 1 fully saturated rings. The molecule has 0 spiro atoms. The Labute approximate surface area is 181 Å². The Morgan fingerprint density at radius 2 is 1.74 bits per heavy atom. The van der Waals surface area contributed by atoms with E-state index in [1.807, 2.05) is 83.8 Å². The molecule has 0 aromatic heterocycles. The number of anilines is 2. The Kier molecular flexibility index (Phi) is 5.00. The third-order valence-corrected chi connectivity index (χ3v) is 5.73. The number of hydrogen-bond donors (Lipinski definition) is 2. The second-order valence-electron chi connectivity index (χ2n) is 7.86. The number of benzene rings is 3. The van der Waals surface area contributed by atoms with E-state index in [9.17, 15) is 9.59 Å². The minimum absolute atomic E-state index is 0.119. The maximum absolute atomic E-state index is 12.9. The van der Waals surface area contributed by atoms with Crippen LogP contribution in [-0.2, 0) is 16.1 Å². The Morgan fingerprint density at radius 3 is 2.55 bits per heavy atom. The molecule has 1 saturated heterocycles. The second kappa shape index (κ2) is 8.11. The maximum atomic E-state index is 12.9. The van der Waals surface area contributed by atoms with Crippen LogP contribution in [-0.4, -0.2) is 23.3 Å². The summed E-state index contributed by atoms with van der Waals surface area (Å²) >= 11 is 0. The van der Waals surface area contributed by atoms with Crippen molar-refractivity contribution in [3.63, 3.8) is 0 Å². The van der Waals surface area contributed by atoms with E-state index in [4.69, 9.17) is 0 Å². The SMILES string of the molecule is O=C1Nc2ccccc2C1=C(Nc1cccc(CN2CCCC2=O)c1)c1ccccc1. The molecular weight excluding hydrogens is 386 g/mol. The molecule has 3 aromatic rings. The van der Waals surface area contributed by atoms with E-state index >= 15 is 0 Å². The van der Waals surface area contributed by atoms with Gasteiger partial charge in [0.1, 0.15) is 0 Å². The van der Waals surface area contributed by atoms with E-state index in [2.05, 4.69) is 10.6 Å². The van der Waals surface area contributed by atoms with Gasteiger partial charge in [0.2, 0.25) is 5.91 Å². The predicted molar refractivity (Wildman–Crippen MR) is 123 cm³/mol. The quantitative estimate of drug-likeness (QED) is 0.598. The maximum Gasteiger partial charge on any atom is 0.258 e. The molecule has 2 aliphatic rings.